The van der Waals surface area contributed by atoms with Gasteiger partial charge < -0.3 is 4.65 Å². The van der Waals surface area contributed by atoms with Crippen molar-refractivity contribution in [2.75, 3.05) is 0 Å². The highest BCUT2D eigenvalue weighted by Crippen LogP contribution is 2.27. The number of benzene rings is 4. The molecule has 0 N–H and O–H groups in total. The van der Waals surface area contributed by atoms with Crippen molar-refractivity contribution in [2.45, 2.75) is 6.82 Å². The summed E-state index contributed by atoms with van der Waals surface area (Å²) in [7, 11) is 0.504. The monoisotopic (exact) mass is 350 g/mol. The predicted octanol–water partition coefficient (Wildman–Crippen LogP) is 5.63. The second kappa shape index (κ2) is 7.51. The van der Waals surface area contributed by atoms with Crippen LogP contribution in [0.15, 0.2) is 91.0 Å². The zero-order valence-electron chi connectivity index (χ0n) is 15.2. The van der Waals surface area contributed by atoms with Crippen LogP contribution in [0.2, 0.25) is 6.82 Å². The Labute approximate surface area is 159 Å². The average molecular weight is 350 g/mol. The number of ketones is 1. The van der Waals surface area contributed by atoms with Crippen molar-refractivity contribution < 1.29 is 9.45 Å². The third-order valence-electron chi connectivity index (χ3n) is 4.61. The minimum absolute atomic E-state index is 0.0577. The van der Waals surface area contributed by atoms with E-state index in [-0.39, 0.29) is 5.78 Å². The Morgan fingerprint density at radius 1 is 0.741 bits per heavy atom. The van der Waals surface area contributed by atoms with Crippen LogP contribution in [0.1, 0.15) is 15.9 Å². The van der Waals surface area contributed by atoms with Gasteiger partial charge in [0.15, 0.2) is 5.78 Å². The van der Waals surface area contributed by atoms with E-state index in [9.17, 15) is 4.79 Å². The van der Waals surface area contributed by atoms with Gasteiger partial charge in [-0.2, -0.15) is 0 Å². The van der Waals surface area contributed by atoms with E-state index in [0.717, 1.165) is 10.9 Å². The Hall–Kier alpha value is -3.33. The molecule has 0 radical (unpaired) electrons. The summed E-state index contributed by atoms with van der Waals surface area (Å²) in [6.07, 6.45) is 1.58. The standard InChI is InChI=1S/C24H19BO2/c1-25-27-24(16-23(26)17-7-3-2-4-8-17)21-12-11-20-13-18-9-5-6-10-19(18)14-22(20)15-21/h2-16,25H,1H3/b24-16-. The molecule has 4 rings (SSSR count). The summed E-state index contributed by atoms with van der Waals surface area (Å²) in [4.78, 5) is 12.6. The highest BCUT2D eigenvalue weighted by atomic mass is 16.4. The Bertz CT molecular complexity index is 1150. The lowest BCUT2D eigenvalue weighted by molar-refractivity contribution is 0.104. The first-order valence-electron chi connectivity index (χ1n) is 9.11. The molecular weight excluding hydrogens is 331 g/mol. The van der Waals surface area contributed by atoms with Crippen LogP contribution in [0, 0.1) is 0 Å². The molecule has 130 valence electrons. The van der Waals surface area contributed by atoms with Crippen LogP contribution >= 0.6 is 0 Å². The lowest BCUT2D eigenvalue weighted by Gasteiger charge is -2.11. The Morgan fingerprint density at radius 2 is 1.37 bits per heavy atom. The number of rotatable bonds is 5. The second-order valence-electron chi connectivity index (χ2n) is 6.43. The van der Waals surface area contributed by atoms with Gasteiger partial charge in [-0.3, -0.25) is 4.79 Å². The highest BCUT2D eigenvalue weighted by Gasteiger charge is 2.09. The number of fused-ring (bicyclic) bond motifs is 2. The topological polar surface area (TPSA) is 26.3 Å². The van der Waals surface area contributed by atoms with E-state index < -0.39 is 0 Å². The van der Waals surface area contributed by atoms with Crippen LogP contribution in [0.4, 0.5) is 0 Å². The quantitative estimate of drug-likeness (QED) is 0.153. The van der Waals surface area contributed by atoms with Crippen molar-refractivity contribution in [3.63, 3.8) is 0 Å². The van der Waals surface area contributed by atoms with Crippen molar-refractivity contribution in [1.82, 2.24) is 0 Å². The molecule has 3 heteroatoms. The van der Waals surface area contributed by atoms with Crippen LogP contribution in [0.25, 0.3) is 27.3 Å². The second-order valence-corrected chi connectivity index (χ2v) is 6.43. The molecule has 0 bridgehead atoms. The van der Waals surface area contributed by atoms with E-state index >= 15 is 0 Å². The Morgan fingerprint density at radius 3 is 2.07 bits per heavy atom. The number of hydrogen-bond donors (Lipinski definition) is 0. The molecule has 0 aliphatic rings. The summed E-state index contributed by atoms with van der Waals surface area (Å²) in [5.74, 6) is 0.541. The molecule has 0 atom stereocenters. The van der Waals surface area contributed by atoms with Gasteiger partial charge in [-0.05, 0) is 39.7 Å². The first kappa shape index (κ1) is 17.1. The van der Waals surface area contributed by atoms with Gasteiger partial charge in [0, 0.05) is 17.2 Å². The fourth-order valence-electron chi connectivity index (χ4n) is 3.26. The summed E-state index contributed by atoms with van der Waals surface area (Å²) >= 11 is 0. The lowest BCUT2D eigenvalue weighted by Crippen LogP contribution is -2.00. The molecule has 0 amide bonds. The minimum atomic E-state index is -0.0577. The van der Waals surface area contributed by atoms with Gasteiger partial charge in [0.05, 0.1) is 0 Å². The maximum absolute atomic E-state index is 12.6. The molecule has 2 nitrogen and oxygen atoms in total. The molecule has 0 aromatic heterocycles. The van der Waals surface area contributed by atoms with Crippen molar-refractivity contribution in [1.29, 1.82) is 0 Å². The fraction of sp³-hybridized carbons (Fsp3) is 0.0417. The molecule has 0 unspecified atom stereocenters. The minimum Gasteiger partial charge on any atom is -0.564 e. The summed E-state index contributed by atoms with van der Waals surface area (Å²) in [5, 5.41) is 4.72. The van der Waals surface area contributed by atoms with Crippen LogP contribution in [0.3, 0.4) is 0 Å². The van der Waals surface area contributed by atoms with Gasteiger partial charge in [0.2, 0.25) is 0 Å². The molecule has 0 heterocycles. The van der Waals surface area contributed by atoms with E-state index in [1.807, 2.05) is 55.4 Å². The van der Waals surface area contributed by atoms with Crippen molar-refractivity contribution in [2.24, 2.45) is 0 Å². The van der Waals surface area contributed by atoms with Gasteiger partial charge in [-0.25, -0.2) is 0 Å². The summed E-state index contributed by atoms with van der Waals surface area (Å²) in [5.41, 5.74) is 1.56. The Kier molecular flexibility index (Phi) is 4.76. The van der Waals surface area contributed by atoms with E-state index in [1.165, 1.54) is 16.2 Å². The van der Waals surface area contributed by atoms with Crippen molar-refractivity contribution in [3.8, 4) is 0 Å². The van der Waals surface area contributed by atoms with Crippen LogP contribution in [-0.4, -0.2) is 13.3 Å². The molecule has 4 aromatic carbocycles. The van der Waals surface area contributed by atoms with Crippen LogP contribution in [0.5, 0.6) is 0 Å². The van der Waals surface area contributed by atoms with Gasteiger partial charge in [0.25, 0.3) is 0 Å². The van der Waals surface area contributed by atoms with Gasteiger partial charge >= 0.3 is 7.48 Å². The van der Waals surface area contributed by atoms with Gasteiger partial charge in [0.1, 0.15) is 5.76 Å². The molecule has 27 heavy (non-hydrogen) atoms. The van der Waals surface area contributed by atoms with Crippen molar-refractivity contribution in [3.05, 3.63) is 102 Å². The van der Waals surface area contributed by atoms with Crippen LogP contribution in [-0.2, 0) is 4.65 Å². The third kappa shape index (κ3) is 3.63. The number of hydrogen-bond acceptors (Lipinski definition) is 2. The normalized spacial score (nSPS) is 11.5. The fourth-order valence-corrected chi connectivity index (χ4v) is 3.26. The van der Waals surface area contributed by atoms with Gasteiger partial charge in [-0.1, -0.05) is 73.6 Å². The third-order valence-corrected chi connectivity index (χ3v) is 4.61. The largest absolute Gasteiger partial charge is 0.564 e. The SMILES string of the molecule is CBO/C(=C\C(=O)c1ccccc1)c1ccc2cc3ccccc3cc2c1. The Balaban J connectivity index is 1.78. The van der Waals surface area contributed by atoms with E-state index in [0.29, 0.717) is 18.8 Å². The molecule has 0 fully saturated rings. The number of carbonyl (C=O) groups is 1. The number of carbonyl (C=O) groups excluding carboxylic acids is 1. The molecule has 4 aromatic rings. The summed E-state index contributed by atoms with van der Waals surface area (Å²) in [6, 6.07) is 28.1. The molecule has 0 spiro atoms. The van der Waals surface area contributed by atoms with E-state index in [4.69, 9.17) is 4.65 Å². The predicted molar refractivity (Wildman–Crippen MR) is 114 cm³/mol. The highest BCUT2D eigenvalue weighted by molar-refractivity contribution is 6.27. The molecule has 0 aliphatic heterocycles. The van der Waals surface area contributed by atoms with E-state index in [2.05, 4.69) is 36.4 Å². The lowest BCUT2D eigenvalue weighted by atomic mass is 9.99. The van der Waals surface area contributed by atoms with Crippen molar-refractivity contribution >= 4 is 40.6 Å². The molecule has 0 saturated carbocycles. The molecule has 0 aliphatic carbocycles. The first-order valence-corrected chi connectivity index (χ1v) is 9.11. The molecule has 0 saturated heterocycles. The smallest absolute Gasteiger partial charge is 0.336 e. The zero-order valence-corrected chi connectivity index (χ0v) is 15.2. The number of allylic oxidation sites excluding steroid dienone is 1. The zero-order chi connectivity index (χ0) is 18.6. The van der Waals surface area contributed by atoms with Crippen LogP contribution < -0.4 is 0 Å². The summed E-state index contributed by atoms with van der Waals surface area (Å²) in [6.45, 7) is 1.93. The van der Waals surface area contributed by atoms with E-state index in [1.54, 1.807) is 6.08 Å². The average Bonchev–Trinajstić information content (AvgIpc) is 2.72. The maximum Gasteiger partial charge on any atom is 0.336 e. The molecular formula is C24H19BO2. The summed E-state index contributed by atoms with van der Waals surface area (Å²) < 4.78 is 5.80. The first-order chi connectivity index (χ1) is 13.2. The van der Waals surface area contributed by atoms with Gasteiger partial charge in [-0.15, -0.1) is 0 Å². The maximum atomic E-state index is 12.6.